The number of rotatable bonds is 2. The van der Waals surface area contributed by atoms with Crippen molar-refractivity contribution >= 4 is 21.4 Å². The van der Waals surface area contributed by atoms with Crippen LogP contribution >= 0.6 is 0 Å². The number of carbonyl (C=O) groups excluding carboxylic acids is 1. The normalized spacial score (nSPS) is 18.4. The number of esters is 1. The lowest BCUT2D eigenvalue weighted by Crippen LogP contribution is -2.22. The van der Waals surface area contributed by atoms with Gasteiger partial charge >= 0.3 is 5.97 Å². The molecule has 18 heavy (non-hydrogen) atoms. The van der Waals surface area contributed by atoms with Gasteiger partial charge in [0, 0.05) is 17.9 Å². The summed E-state index contributed by atoms with van der Waals surface area (Å²) in [5, 5.41) is 0. The predicted octanol–water partition coefficient (Wildman–Crippen LogP) is 1.81. The molecule has 5 heteroatoms. The molecule has 0 unspecified atom stereocenters. The summed E-state index contributed by atoms with van der Waals surface area (Å²) < 4.78 is 27.9. The molecule has 96 valence electrons. The van der Waals surface area contributed by atoms with Crippen molar-refractivity contribution in [2.75, 3.05) is 6.26 Å². The lowest BCUT2D eigenvalue weighted by Gasteiger charge is -2.21. The van der Waals surface area contributed by atoms with Crippen molar-refractivity contribution in [3.8, 4) is 0 Å². The first-order valence-corrected chi connectivity index (χ1v) is 7.35. The van der Waals surface area contributed by atoms with E-state index in [2.05, 4.69) is 0 Å². The molecule has 1 aliphatic heterocycles. The third kappa shape index (κ3) is 2.31. The van der Waals surface area contributed by atoms with Gasteiger partial charge in [0.2, 0.25) is 0 Å². The molecule has 1 aromatic rings. The maximum atomic E-state index is 11.4. The fraction of sp³-hybridized carbons (Fsp3) is 0.308. The van der Waals surface area contributed by atoms with Crippen molar-refractivity contribution < 1.29 is 17.9 Å². The number of hydrogen-bond acceptors (Lipinski definition) is 4. The Bertz CT molecular complexity index is 621. The molecule has 1 heterocycles. The Balaban J connectivity index is 2.43. The zero-order valence-corrected chi connectivity index (χ0v) is 11.2. The summed E-state index contributed by atoms with van der Waals surface area (Å²) in [4.78, 5) is 11.5. The molecule has 0 aliphatic carbocycles. The largest absolute Gasteiger partial charge is 0.452 e. The Morgan fingerprint density at radius 3 is 2.06 bits per heavy atom. The van der Waals surface area contributed by atoms with Gasteiger partial charge in [0.25, 0.3) is 0 Å². The minimum Gasteiger partial charge on any atom is -0.452 e. The molecule has 0 saturated heterocycles. The first-order chi connectivity index (χ1) is 8.20. The number of hydrogen-bond donors (Lipinski definition) is 0. The second-order valence-corrected chi connectivity index (χ2v) is 6.80. The Hall–Kier alpha value is -1.62. The second-order valence-electron chi connectivity index (χ2n) is 4.79. The van der Waals surface area contributed by atoms with Crippen molar-refractivity contribution in [3.63, 3.8) is 0 Å². The monoisotopic (exact) mass is 266 g/mol. The van der Waals surface area contributed by atoms with Crippen LogP contribution in [-0.2, 0) is 19.4 Å². The Morgan fingerprint density at radius 1 is 1.11 bits per heavy atom. The molecule has 2 rings (SSSR count). The van der Waals surface area contributed by atoms with Crippen LogP contribution in [0, 0.1) is 0 Å². The number of carbonyl (C=O) groups is 1. The van der Waals surface area contributed by atoms with E-state index in [0.29, 0.717) is 0 Å². The second kappa shape index (κ2) is 3.95. The van der Waals surface area contributed by atoms with Crippen LogP contribution in [0.1, 0.15) is 19.4 Å². The zero-order chi connectivity index (χ0) is 13.6. The molecule has 0 N–H and O–H groups in total. The minimum atomic E-state index is -3.20. The SMILES string of the molecule is CC1(C)OC(=O)C=C1c1ccc(S(C)(=O)=O)cc1. The summed E-state index contributed by atoms with van der Waals surface area (Å²) in [7, 11) is -3.20. The van der Waals surface area contributed by atoms with E-state index in [9.17, 15) is 13.2 Å². The van der Waals surface area contributed by atoms with Crippen LogP contribution in [0.25, 0.3) is 5.57 Å². The average molecular weight is 266 g/mol. The summed E-state index contributed by atoms with van der Waals surface area (Å²) in [6.45, 7) is 3.60. The summed E-state index contributed by atoms with van der Waals surface area (Å²) in [6.07, 6.45) is 2.60. The van der Waals surface area contributed by atoms with E-state index in [4.69, 9.17) is 4.74 Å². The van der Waals surface area contributed by atoms with E-state index in [0.717, 1.165) is 17.4 Å². The lowest BCUT2D eigenvalue weighted by atomic mass is 9.92. The van der Waals surface area contributed by atoms with E-state index in [-0.39, 0.29) is 10.9 Å². The van der Waals surface area contributed by atoms with Gasteiger partial charge in [-0.25, -0.2) is 13.2 Å². The highest BCUT2D eigenvalue weighted by atomic mass is 32.2. The van der Waals surface area contributed by atoms with Gasteiger partial charge in [0.05, 0.1) is 4.90 Å². The topological polar surface area (TPSA) is 60.4 Å². The summed E-state index contributed by atoms with van der Waals surface area (Å²) >= 11 is 0. The first-order valence-electron chi connectivity index (χ1n) is 5.46. The number of benzene rings is 1. The molecule has 0 saturated carbocycles. The van der Waals surface area contributed by atoms with Gasteiger partial charge in [-0.2, -0.15) is 0 Å². The molecule has 0 aromatic heterocycles. The highest BCUT2D eigenvalue weighted by molar-refractivity contribution is 7.90. The molecule has 0 radical (unpaired) electrons. The van der Waals surface area contributed by atoms with Gasteiger partial charge in [-0.05, 0) is 31.5 Å². The van der Waals surface area contributed by atoms with E-state index in [1.165, 1.54) is 18.2 Å². The van der Waals surface area contributed by atoms with Crippen LogP contribution < -0.4 is 0 Å². The molecule has 1 aromatic carbocycles. The summed E-state index contributed by atoms with van der Waals surface area (Å²) in [5.41, 5.74) is 0.870. The van der Waals surface area contributed by atoms with Gasteiger partial charge in [-0.3, -0.25) is 0 Å². The highest BCUT2D eigenvalue weighted by Gasteiger charge is 2.34. The van der Waals surface area contributed by atoms with E-state index in [1.54, 1.807) is 26.0 Å². The first kappa shape index (κ1) is 12.8. The Kier molecular flexibility index (Phi) is 2.81. The molecule has 1 aliphatic rings. The van der Waals surface area contributed by atoms with E-state index < -0.39 is 15.4 Å². The van der Waals surface area contributed by atoms with Gasteiger partial charge < -0.3 is 4.74 Å². The molecular weight excluding hydrogens is 252 g/mol. The molecule has 0 fully saturated rings. The third-order valence-corrected chi connectivity index (χ3v) is 3.99. The summed E-state index contributed by atoms with van der Waals surface area (Å²) in [5.74, 6) is -0.373. The smallest absolute Gasteiger partial charge is 0.332 e. The van der Waals surface area contributed by atoms with Gasteiger partial charge in [0.15, 0.2) is 9.84 Å². The zero-order valence-electron chi connectivity index (χ0n) is 10.4. The van der Waals surface area contributed by atoms with Gasteiger partial charge in [-0.15, -0.1) is 0 Å². The van der Waals surface area contributed by atoms with Crippen molar-refractivity contribution in [2.24, 2.45) is 0 Å². The number of ether oxygens (including phenoxy) is 1. The fourth-order valence-corrected chi connectivity index (χ4v) is 2.57. The molecule has 0 bridgehead atoms. The van der Waals surface area contributed by atoms with Crippen molar-refractivity contribution in [1.82, 2.24) is 0 Å². The maximum absolute atomic E-state index is 11.4. The fourth-order valence-electron chi connectivity index (χ4n) is 1.94. The van der Waals surface area contributed by atoms with E-state index in [1.807, 2.05) is 0 Å². The highest BCUT2D eigenvalue weighted by Crippen LogP contribution is 2.35. The molecule has 4 nitrogen and oxygen atoms in total. The van der Waals surface area contributed by atoms with Crippen LogP contribution in [0.15, 0.2) is 35.2 Å². The predicted molar refractivity (Wildman–Crippen MR) is 67.7 cm³/mol. The van der Waals surface area contributed by atoms with Gasteiger partial charge in [0.1, 0.15) is 5.60 Å². The number of cyclic esters (lactones) is 1. The molecule has 0 atom stereocenters. The Labute approximate surface area is 106 Å². The van der Waals surface area contributed by atoms with Gasteiger partial charge in [-0.1, -0.05) is 12.1 Å². The van der Waals surface area contributed by atoms with Crippen LogP contribution in [-0.4, -0.2) is 26.2 Å². The quantitative estimate of drug-likeness (QED) is 0.766. The van der Waals surface area contributed by atoms with E-state index >= 15 is 0 Å². The van der Waals surface area contributed by atoms with Crippen molar-refractivity contribution in [2.45, 2.75) is 24.3 Å². The minimum absolute atomic E-state index is 0.259. The Morgan fingerprint density at radius 2 is 1.67 bits per heavy atom. The van der Waals surface area contributed by atoms with Crippen LogP contribution in [0.4, 0.5) is 0 Å². The molecule has 0 spiro atoms. The summed E-state index contributed by atoms with van der Waals surface area (Å²) in [6, 6.07) is 6.44. The van der Waals surface area contributed by atoms with Crippen LogP contribution in [0.2, 0.25) is 0 Å². The standard InChI is InChI=1S/C13H14O4S/c1-13(2)11(8-12(14)17-13)9-4-6-10(7-5-9)18(3,15)16/h4-8H,1-3H3. The molecule has 0 amide bonds. The third-order valence-electron chi connectivity index (χ3n) is 2.86. The average Bonchev–Trinajstić information content (AvgIpc) is 2.51. The van der Waals surface area contributed by atoms with Crippen LogP contribution in [0.3, 0.4) is 0 Å². The number of sulfone groups is 1. The van der Waals surface area contributed by atoms with Crippen molar-refractivity contribution in [3.05, 3.63) is 35.9 Å². The van der Waals surface area contributed by atoms with Crippen LogP contribution in [0.5, 0.6) is 0 Å². The maximum Gasteiger partial charge on any atom is 0.332 e. The van der Waals surface area contributed by atoms with Crippen molar-refractivity contribution in [1.29, 1.82) is 0 Å². The lowest BCUT2D eigenvalue weighted by molar-refractivity contribution is -0.142. The molecular formula is C13H14O4S.